The number of anilines is 1. The van der Waals surface area contributed by atoms with Gasteiger partial charge in [0.1, 0.15) is 5.75 Å². The van der Waals surface area contributed by atoms with Crippen molar-refractivity contribution in [2.75, 3.05) is 18.1 Å². The standard InChI is InChI=1S/C18H17NO4/c1-2-19(14-7-3-6-13(11-14)18(21)22)17(20)15-8-4-5-12-9-10-23-16(12)15/h3-8,11H,2,9-10H2,1H3,(H,21,22). The van der Waals surface area contributed by atoms with Gasteiger partial charge in [0, 0.05) is 18.7 Å². The first-order valence-corrected chi connectivity index (χ1v) is 7.51. The van der Waals surface area contributed by atoms with E-state index in [4.69, 9.17) is 9.84 Å². The summed E-state index contributed by atoms with van der Waals surface area (Å²) in [5.41, 5.74) is 2.27. The maximum Gasteiger partial charge on any atom is 0.335 e. The van der Waals surface area contributed by atoms with Crippen molar-refractivity contribution >= 4 is 17.6 Å². The monoisotopic (exact) mass is 311 g/mol. The van der Waals surface area contributed by atoms with Crippen LogP contribution in [0.1, 0.15) is 33.2 Å². The minimum Gasteiger partial charge on any atom is -0.492 e. The number of rotatable bonds is 4. The topological polar surface area (TPSA) is 66.8 Å². The molecule has 23 heavy (non-hydrogen) atoms. The second-order valence-electron chi connectivity index (χ2n) is 5.30. The van der Waals surface area contributed by atoms with E-state index in [-0.39, 0.29) is 11.5 Å². The Kier molecular flexibility index (Phi) is 4.02. The third-order valence-corrected chi connectivity index (χ3v) is 3.91. The van der Waals surface area contributed by atoms with Crippen molar-refractivity contribution in [3.63, 3.8) is 0 Å². The molecule has 1 N–H and O–H groups in total. The van der Waals surface area contributed by atoms with Gasteiger partial charge >= 0.3 is 5.97 Å². The Hall–Kier alpha value is -2.82. The van der Waals surface area contributed by atoms with Crippen LogP contribution in [0.4, 0.5) is 5.69 Å². The highest BCUT2D eigenvalue weighted by atomic mass is 16.5. The summed E-state index contributed by atoms with van der Waals surface area (Å²) in [7, 11) is 0. The van der Waals surface area contributed by atoms with Crippen LogP contribution in [-0.4, -0.2) is 30.1 Å². The van der Waals surface area contributed by atoms with Gasteiger partial charge in [0.2, 0.25) is 0 Å². The molecule has 5 heteroatoms. The number of fused-ring (bicyclic) bond motifs is 1. The molecule has 3 rings (SSSR count). The maximum atomic E-state index is 12.9. The number of carbonyl (C=O) groups excluding carboxylic acids is 1. The number of carboxylic acid groups (broad SMARTS) is 1. The number of carboxylic acids is 1. The number of hydrogen-bond donors (Lipinski definition) is 1. The molecular formula is C18H17NO4. The SMILES string of the molecule is CCN(C(=O)c1cccc2c1OCC2)c1cccc(C(=O)O)c1. The predicted molar refractivity (Wildman–Crippen MR) is 86.4 cm³/mol. The van der Waals surface area contributed by atoms with Crippen LogP contribution in [0.15, 0.2) is 42.5 Å². The van der Waals surface area contributed by atoms with Crippen LogP contribution in [0.25, 0.3) is 0 Å². The average Bonchev–Trinajstić information content (AvgIpc) is 3.04. The molecule has 5 nitrogen and oxygen atoms in total. The highest BCUT2D eigenvalue weighted by Crippen LogP contribution is 2.31. The molecule has 118 valence electrons. The van der Waals surface area contributed by atoms with Crippen LogP contribution < -0.4 is 9.64 Å². The molecular weight excluding hydrogens is 294 g/mol. The summed E-state index contributed by atoms with van der Waals surface area (Å²) in [6, 6.07) is 11.9. The van der Waals surface area contributed by atoms with Gasteiger partial charge in [-0.15, -0.1) is 0 Å². The quantitative estimate of drug-likeness (QED) is 0.942. The Morgan fingerprint density at radius 3 is 2.74 bits per heavy atom. The third-order valence-electron chi connectivity index (χ3n) is 3.91. The van der Waals surface area contributed by atoms with Crippen molar-refractivity contribution in [1.29, 1.82) is 0 Å². The molecule has 0 radical (unpaired) electrons. The molecule has 1 aliphatic rings. The molecule has 0 atom stereocenters. The Bertz CT molecular complexity index is 769. The second-order valence-corrected chi connectivity index (χ2v) is 5.30. The van der Waals surface area contributed by atoms with E-state index >= 15 is 0 Å². The summed E-state index contributed by atoms with van der Waals surface area (Å²) >= 11 is 0. The van der Waals surface area contributed by atoms with Crippen LogP contribution in [0.2, 0.25) is 0 Å². The van der Waals surface area contributed by atoms with Crippen LogP contribution in [0, 0.1) is 0 Å². The first-order chi connectivity index (χ1) is 11.1. The lowest BCUT2D eigenvalue weighted by Crippen LogP contribution is -2.31. The smallest absolute Gasteiger partial charge is 0.335 e. The fraction of sp³-hybridized carbons (Fsp3) is 0.222. The van der Waals surface area contributed by atoms with Gasteiger partial charge in [-0.2, -0.15) is 0 Å². The molecule has 0 spiro atoms. The van der Waals surface area contributed by atoms with Crippen LogP contribution in [-0.2, 0) is 6.42 Å². The van der Waals surface area contributed by atoms with E-state index in [0.717, 1.165) is 12.0 Å². The second kappa shape index (κ2) is 6.12. The normalized spacial score (nSPS) is 12.4. The minimum atomic E-state index is -1.01. The van der Waals surface area contributed by atoms with Gasteiger partial charge in [-0.05, 0) is 36.8 Å². The number of hydrogen-bond acceptors (Lipinski definition) is 3. The molecule has 0 unspecified atom stereocenters. The molecule has 0 saturated carbocycles. The lowest BCUT2D eigenvalue weighted by atomic mass is 10.1. The lowest BCUT2D eigenvalue weighted by Gasteiger charge is -2.22. The number of benzene rings is 2. The highest BCUT2D eigenvalue weighted by molar-refractivity contribution is 6.08. The molecule has 1 aliphatic heterocycles. The number of nitrogens with zero attached hydrogens (tertiary/aromatic N) is 1. The van der Waals surface area contributed by atoms with Gasteiger partial charge in [-0.3, -0.25) is 4.79 Å². The van der Waals surface area contributed by atoms with E-state index in [2.05, 4.69) is 0 Å². The van der Waals surface area contributed by atoms with Crippen molar-refractivity contribution in [3.8, 4) is 5.75 Å². The first kappa shape index (κ1) is 15.1. The third kappa shape index (κ3) is 2.77. The van der Waals surface area contributed by atoms with Crippen molar-refractivity contribution in [3.05, 3.63) is 59.2 Å². The van der Waals surface area contributed by atoms with Gasteiger partial charge in [-0.25, -0.2) is 4.79 Å². The molecule has 0 saturated heterocycles. The summed E-state index contributed by atoms with van der Waals surface area (Å²) in [4.78, 5) is 25.6. The number of carbonyl (C=O) groups is 2. The summed E-state index contributed by atoms with van der Waals surface area (Å²) in [6.07, 6.45) is 0.803. The van der Waals surface area contributed by atoms with E-state index in [9.17, 15) is 9.59 Å². The Balaban J connectivity index is 1.98. The van der Waals surface area contributed by atoms with Gasteiger partial charge in [-0.1, -0.05) is 18.2 Å². The molecule has 2 aromatic rings. The number of amides is 1. The zero-order chi connectivity index (χ0) is 16.4. The molecule has 0 bridgehead atoms. The summed E-state index contributed by atoms with van der Waals surface area (Å²) < 4.78 is 5.60. The number of aromatic carboxylic acids is 1. The average molecular weight is 311 g/mol. The fourth-order valence-corrected chi connectivity index (χ4v) is 2.78. The van der Waals surface area contributed by atoms with Crippen LogP contribution in [0.3, 0.4) is 0 Å². The van der Waals surface area contributed by atoms with E-state index in [1.807, 2.05) is 19.1 Å². The Morgan fingerprint density at radius 1 is 1.22 bits per heavy atom. The summed E-state index contributed by atoms with van der Waals surface area (Å²) in [6.45, 7) is 2.88. The zero-order valence-corrected chi connectivity index (χ0v) is 12.8. The molecule has 0 aliphatic carbocycles. The van der Waals surface area contributed by atoms with E-state index in [1.54, 1.807) is 23.1 Å². The molecule has 1 heterocycles. The number of ether oxygens (including phenoxy) is 1. The van der Waals surface area contributed by atoms with Crippen molar-refractivity contribution in [2.45, 2.75) is 13.3 Å². The molecule has 2 aromatic carbocycles. The van der Waals surface area contributed by atoms with E-state index in [0.29, 0.717) is 30.2 Å². The Morgan fingerprint density at radius 2 is 2.00 bits per heavy atom. The largest absolute Gasteiger partial charge is 0.492 e. The van der Waals surface area contributed by atoms with Gasteiger partial charge in [0.15, 0.2) is 0 Å². The predicted octanol–water partition coefficient (Wildman–Crippen LogP) is 2.99. The zero-order valence-electron chi connectivity index (χ0n) is 12.8. The fourth-order valence-electron chi connectivity index (χ4n) is 2.78. The minimum absolute atomic E-state index is 0.156. The van der Waals surface area contributed by atoms with Crippen molar-refractivity contribution < 1.29 is 19.4 Å². The first-order valence-electron chi connectivity index (χ1n) is 7.51. The van der Waals surface area contributed by atoms with Crippen molar-refractivity contribution in [2.24, 2.45) is 0 Å². The number of para-hydroxylation sites is 1. The summed E-state index contributed by atoms with van der Waals surface area (Å²) in [5.74, 6) is -0.557. The van der Waals surface area contributed by atoms with Crippen LogP contribution in [0.5, 0.6) is 5.75 Å². The van der Waals surface area contributed by atoms with E-state index in [1.165, 1.54) is 12.1 Å². The van der Waals surface area contributed by atoms with Crippen molar-refractivity contribution in [1.82, 2.24) is 0 Å². The molecule has 1 amide bonds. The highest BCUT2D eigenvalue weighted by Gasteiger charge is 2.24. The van der Waals surface area contributed by atoms with E-state index < -0.39 is 5.97 Å². The summed E-state index contributed by atoms with van der Waals surface area (Å²) in [5, 5.41) is 9.12. The van der Waals surface area contributed by atoms with Gasteiger partial charge < -0.3 is 14.7 Å². The van der Waals surface area contributed by atoms with Crippen LogP contribution >= 0.6 is 0 Å². The van der Waals surface area contributed by atoms with Gasteiger partial charge in [0.25, 0.3) is 5.91 Å². The maximum absolute atomic E-state index is 12.9. The molecule has 0 aromatic heterocycles. The Labute approximate surface area is 134 Å². The lowest BCUT2D eigenvalue weighted by molar-refractivity contribution is 0.0696. The molecule has 0 fully saturated rings. The van der Waals surface area contributed by atoms with Gasteiger partial charge in [0.05, 0.1) is 17.7 Å².